The molecule has 0 amide bonds. The van der Waals surface area contributed by atoms with Crippen molar-refractivity contribution in [2.75, 3.05) is 0 Å². The van der Waals surface area contributed by atoms with E-state index in [1.807, 2.05) is 32.0 Å². The van der Waals surface area contributed by atoms with Crippen molar-refractivity contribution in [1.82, 2.24) is 14.9 Å². The van der Waals surface area contributed by atoms with Crippen LogP contribution in [0.5, 0.6) is 0 Å². The number of hydrogen-bond acceptors (Lipinski definition) is 5. The number of thiophene rings is 1. The summed E-state index contributed by atoms with van der Waals surface area (Å²) in [5.74, 6) is 0. The molecule has 3 aromatic rings. The Morgan fingerprint density at radius 3 is 2.68 bits per heavy atom. The number of rotatable bonds is 5. The summed E-state index contributed by atoms with van der Waals surface area (Å²) in [5, 5.41) is 7.95. The molecule has 6 nitrogen and oxygen atoms in total. The first-order valence-electron chi connectivity index (χ1n) is 7.55. The first-order valence-corrected chi connectivity index (χ1v) is 9.92. The third-order valence-corrected chi connectivity index (χ3v) is 6.61. The summed E-state index contributed by atoms with van der Waals surface area (Å²) < 4.78 is 27.9. The van der Waals surface area contributed by atoms with Gasteiger partial charge < -0.3 is 0 Å². The molecule has 0 bridgehead atoms. The largest absolute Gasteiger partial charge is 0.268 e. The lowest BCUT2D eigenvalue weighted by Crippen LogP contribution is -2.22. The van der Waals surface area contributed by atoms with Gasteiger partial charge in [-0.15, -0.1) is 11.3 Å². The Kier molecular flexibility index (Phi) is 4.85. The Balaban J connectivity index is 1.80. The van der Waals surface area contributed by atoms with Gasteiger partial charge in [-0.05, 0) is 37.1 Å². The van der Waals surface area contributed by atoms with Gasteiger partial charge in [0, 0.05) is 23.6 Å². The molecule has 0 saturated carbocycles. The highest BCUT2D eigenvalue weighted by molar-refractivity contribution is 7.91. The van der Waals surface area contributed by atoms with Gasteiger partial charge in [-0.3, -0.25) is 4.79 Å². The molecular formula is C17H17N3O3S2. The maximum Gasteiger partial charge on any atom is 0.264 e. The first-order chi connectivity index (χ1) is 11.8. The van der Waals surface area contributed by atoms with Crippen molar-refractivity contribution in [1.29, 1.82) is 0 Å². The van der Waals surface area contributed by atoms with E-state index in [0.717, 1.165) is 28.0 Å². The van der Waals surface area contributed by atoms with Crippen molar-refractivity contribution in [3.63, 3.8) is 0 Å². The Hall–Kier alpha value is -2.29. The predicted molar refractivity (Wildman–Crippen MR) is 98.1 cm³/mol. The molecule has 0 radical (unpaired) electrons. The number of sulfonamides is 1. The molecule has 0 saturated heterocycles. The maximum atomic E-state index is 12.5. The molecule has 2 heterocycles. The summed E-state index contributed by atoms with van der Waals surface area (Å²) in [6.45, 7) is 4.16. The van der Waals surface area contributed by atoms with E-state index in [-0.39, 0.29) is 16.3 Å². The van der Waals surface area contributed by atoms with Gasteiger partial charge in [0.2, 0.25) is 10.0 Å². The highest BCUT2D eigenvalue weighted by Gasteiger charge is 2.18. The monoisotopic (exact) mass is 375 g/mol. The number of H-pyrrole nitrogens is 1. The minimum atomic E-state index is -3.61. The molecule has 2 aromatic heterocycles. The van der Waals surface area contributed by atoms with Gasteiger partial charge in [0.05, 0.1) is 5.69 Å². The number of aromatic amines is 1. The minimum Gasteiger partial charge on any atom is -0.268 e. The second-order valence-corrected chi connectivity index (χ2v) is 8.62. The predicted octanol–water partition coefficient (Wildman–Crippen LogP) is 2.59. The minimum absolute atomic E-state index is 0.209. The highest BCUT2D eigenvalue weighted by Crippen LogP contribution is 2.26. The average Bonchev–Trinajstić information content (AvgIpc) is 3.07. The van der Waals surface area contributed by atoms with E-state index in [9.17, 15) is 13.2 Å². The maximum absolute atomic E-state index is 12.5. The van der Waals surface area contributed by atoms with Crippen molar-refractivity contribution >= 4 is 21.4 Å². The lowest BCUT2D eigenvalue weighted by Gasteiger charge is -2.08. The zero-order chi connectivity index (χ0) is 18.0. The SMILES string of the molecule is Cc1ccc(C)c(CNS(=O)(=O)c2cc(-c3ccc(=O)[nH]n3)cs2)c1. The van der Waals surface area contributed by atoms with Crippen LogP contribution in [-0.2, 0) is 16.6 Å². The van der Waals surface area contributed by atoms with E-state index in [1.54, 1.807) is 17.5 Å². The van der Waals surface area contributed by atoms with E-state index < -0.39 is 10.0 Å². The van der Waals surface area contributed by atoms with Crippen LogP contribution in [0.2, 0.25) is 0 Å². The van der Waals surface area contributed by atoms with E-state index >= 15 is 0 Å². The number of benzene rings is 1. The fourth-order valence-electron chi connectivity index (χ4n) is 2.33. The summed E-state index contributed by atoms with van der Waals surface area (Å²) in [7, 11) is -3.61. The molecule has 0 aliphatic rings. The van der Waals surface area contributed by atoms with Crippen LogP contribution in [0.3, 0.4) is 0 Å². The highest BCUT2D eigenvalue weighted by atomic mass is 32.2. The molecule has 2 N–H and O–H groups in total. The van der Waals surface area contributed by atoms with Gasteiger partial charge in [-0.25, -0.2) is 18.2 Å². The number of nitrogens with zero attached hydrogens (tertiary/aromatic N) is 1. The summed E-state index contributed by atoms with van der Waals surface area (Å²) in [5.41, 5.74) is 3.94. The quantitative estimate of drug-likeness (QED) is 0.717. The first kappa shape index (κ1) is 17.5. The van der Waals surface area contributed by atoms with Gasteiger partial charge in [-0.2, -0.15) is 5.10 Å². The van der Waals surface area contributed by atoms with Gasteiger partial charge in [-0.1, -0.05) is 23.8 Å². The van der Waals surface area contributed by atoms with Gasteiger partial charge in [0.1, 0.15) is 4.21 Å². The van der Waals surface area contributed by atoms with Crippen LogP contribution in [0, 0.1) is 13.8 Å². The van der Waals surface area contributed by atoms with E-state index in [1.165, 1.54) is 6.07 Å². The van der Waals surface area contributed by atoms with E-state index in [2.05, 4.69) is 14.9 Å². The van der Waals surface area contributed by atoms with Crippen molar-refractivity contribution in [2.45, 2.75) is 24.6 Å². The zero-order valence-corrected chi connectivity index (χ0v) is 15.4. The molecule has 0 spiro atoms. The Bertz CT molecular complexity index is 1050. The lowest BCUT2D eigenvalue weighted by atomic mass is 10.1. The van der Waals surface area contributed by atoms with Gasteiger partial charge >= 0.3 is 0 Å². The third-order valence-electron chi connectivity index (χ3n) is 3.77. The molecule has 8 heteroatoms. The smallest absolute Gasteiger partial charge is 0.264 e. The molecule has 0 fully saturated rings. The van der Waals surface area contributed by atoms with Crippen molar-refractivity contribution < 1.29 is 8.42 Å². The summed E-state index contributed by atoms with van der Waals surface area (Å²) in [4.78, 5) is 11.1. The zero-order valence-electron chi connectivity index (χ0n) is 13.7. The number of aromatic nitrogens is 2. The average molecular weight is 375 g/mol. The van der Waals surface area contributed by atoms with Crippen molar-refractivity contribution in [3.8, 4) is 11.3 Å². The molecule has 0 aliphatic carbocycles. The molecule has 25 heavy (non-hydrogen) atoms. The normalized spacial score (nSPS) is 11.6. The van der Waals surface area contributed by atoms with Crippen LogP contribution >= 0.6 is 11.3 Å². The number of nitrogens with one attached hydrogen (secondary N) is 2. The molecule has 0 atom stereocenters. The third kappa shape index (κ3) is 4.04. The van der Waals surface area contributed by atoms with Crippen LogP contribution in [0.15, 0.2) is 50.8 Å². The number of hydrogen-bond donors (Lipinski definition) is 2. The van der Waals surface area contributed by atoms with E-state index in [0.29, 0.717) is 11.3 Å². The summed E-state index contributed by atoms with van der Waals surface area (Å²) in [6.07, 6.45) is 0. The Labute approximate surface area is 149 Å². The van der Waals surface area contributed by atoms with Gasteiger partial charge in [0.15, 0.2) is 0 Å². The molecule has 0 aliphatic heterocycles. The molecule has 0 unspecified atom stereocenters. The van der Waals surface area contributed by atoms with Crippen LogP contribution in [-0.4, -0.2) is 18.6 Å². The molecule has 3 rings (SSSR count). The second kappa shape index (κ2) is 6.91. The van der Waals surface area contributed by atoms with Crippen molar-refractivity contribution in [3.05, 3.63) is 68.8 Å². The topological polar surface area (TPSA) is 91.9 Å². The Morgan fingerprint density at radius 1 is 1.16 bits per heavy atom. The number of aryl methyl sites for hydroxylation is 2. The fraction of sp³-hybridized carbons (Fsp3) is 0.176. The van der Waals surface area contributed by atoms with E-state index in [4.69, 9.17) is 0 Å². The molecular weight excluding hydrogens is 358 g/mol. The Morgan fingerprint density at radius 2 is 1.96 bits per heavy atom. The van der Waals surface area contributed by atoms with Crippen molar-refractivity contribution in [2.24, 2.45) is 0 Å². The van der Waals surface area contributed by atoms with Crippen LogP contribution in [0.25, 0.3) is 11.3 Å². The molecule has 130 valence electrons. The van der Waals surface area contributed by atoms with Crippen LogP contribution in [0.1, 0.15) is 16.7 Å². The van der Waals surface area contributed by atoms with Gasteiger partial charge in [0.25, 0.3) is 5.56 Å². The lowest BCUT2D eigenvalue weighted by molar-refractivity contribution is 0.583. The molecule has 1 aromatic carbocycles. The second-order valence-electron chi connectivity index (χ2n) is 5.72. The summed E-state index contributed by atoms with van der Waals surface area (Å²) in [6, 6.07) is 10.4. The van der Waals surface area contributed by atoms with Crippen LogP contribution < -0.4 is 10.3 Å². The standard InChI is InChI=1S/C17H17N3O3S2/c1-11-3-4-12(2)13(7-11)9-18-25(22,23)17-8-14(10-24-17)15-5-6-16(21)20-19-15/h3-8,10,18H,9H2,1-2H3,(H,20,21). The van der Waals surface area contributed by atoms with Crippen LogP contribution in [0.4, 0.5) is 0 Å². The fourth-order valence-corrected chi connectivity index (χ4v) is 4.56. The summed E-state index contributed by atoms with van der Waals surface area (Å²) >= 11 is 1.12.